The standard InChI is InChI=1S/C23H16N2O5/c24-14-20(18-6-8-19(9-7-18)23(26)27)12-16-4-10-22(11-5-16)30-15-17-2-1-3-21(13-17)25(28)29/h1-13H,15H2,(H,26,27)/b20-12-. The first-order valence-electron chi connectivity index (χ1n) is 8.88. The fourth-order valence-electron chi connectivity index (χ4n) is 2.73. The SMILES string of the molecule is N#C/C(=C/c1ccc(OCc2cccc([N+](=O)[O-])c2)cc1)c1ccc(C(=O)O)cc1. The molecule has 0 heterocycles. The van der Waals surface area contributed by atoms with Crippen LogP contribution in [0.4, 0.5) is 5.69 Å². The van der Waals surface area contributed by atoms with Crippen LogP contribution in [-0.4, -0.2) is 16.0 Å². The largest absolute Gasteiger partial charge is 0.489 e. The Kier molecular flexibility index (Phi) is 6.20. The van der Waals surface area contributed by atoms with Crippen LogP contribution < -0.4 is 4.74 Å². The summed E-state index contributed by atoms with van der Waals surface area (Å²) in [6.07, 6.45) is 1.69. The highest BCUT2D eigenvalue weighted by Crippen LogP contribution is 2.21. The van der Waals surface area contributed by atoms with Gasteiger partial charge in [0.2, 0.25) is 0 Å². The molecule has 0 unspecified atom stereocenters. The third-order valence-corrected chi connectivity index (χ3v) is 4.28. The van der Waals surface area contributed by atoms with Gasteiger partial charge in [-0.25, -0.2) is 4.79 Å². The molecular weight excluding hydrogens is 384 g/mol. The van der Waals surface area contributed by atoms with Gasteiger partial charge in [0.15, 0.2) is 0 Å². The number of nitriles is 1. The Morgan fingerprint density at radius 3 is 2.33 bits per heavy atom. The summed E-state index contributed by atoms with van der Waals surface area (Å²) in [5, 5.41) is 29.2. The Balaban J connectivity index is 1.70. The van der Waals surface area contributed by atoms with Gasteiger partial charge >= 0.3 is 5.97 Å². The number of hydrogen-bond donors (Lipinski definition) is 1. The number of carbonyl (C=O) groups is 1. The fourth-order valence-corrected chi connectivity index (χ4v) is 2.73. The van der Waals surface area contributed by atoms with Crippen molar-refractivity contribution in [1.29, 1.82) is 5.26 Å². The maximum Gasteiger partial charge on any atom is 0.335 e. The highest BCUT2D eigenvalue weighted by atomic mass is 16.6. The molecule has 0 aliphatic heterocycles. The van der Waals surface area contributed by atoms with E-state index in [1.165, 1.54) is 24.3 Å². The van der Waals surface area contributed by atoms with E-state index in [0.29, 0.717) is 22.4 Å². The Morgan fingerprint density at radius 1 is 1.07 bits per heavy atom. The summed E-state index contributed by atoms with van der Waals surface area (Å²) in [5.74, 6) is -0.437. The number of hydrogen-bond acceptors (Lipinski definition) is 5. The van der Waals surface area contributed by atoms with Crippen molar-refractivity contribution in [1.82, 2.24) is 0 Å². The van der Waals surface area contributed by atoms with Crippen LogP contribution >= 0.6 is 0 Å². The van der Waals surface area contributed by atoms with Crippen LogP contribution in [-0.2, 0) is 6.61 Å². The van der Waals surface area contributed by atoms with E-state index in [4.69, 9.17) is 9.84 Å². The van der Waals surface area contributed by atoms with Crippen LogP contribution in [0.1, 0.15) is 27.0 Å². The van der Waals surface area contributed by atoms with E-state index >= 15 is 0 Å². The van der Waals surface area contributed by atoms with E-state index in [9.17, 15) is 20.2 Å². The minimum absolute atomic E-state index is 0.0111. The van der Waals surface area contributed by atoms with E-state index in [1.54, 1.807) is 54.6 Å². The second-order valence-corrected chi connectivity index (χ2v) is 6.34. The molecule has 0 fully saturated rings. The van der Waals surface area contributed by atoms with Crippen molar-refractivity contribution >= 4 is 23.3 Å². The first-order valence-corrected chi connectivity index (χ1v) is 8.88. The first-order chi connectivity index (χ1) is 14.5. The number of rotatable bonds is 7. The number of nitro groups is 1. The van der Waals surface area contributed by atoms with Gasteiger partial charge in [0, 0.05) is 12.1 Å². The average molecular weight is 400 g/mol. The van der Waals surface area contributed by atoms with Crippen molar-refractivity contribution in [2.75, 3.05) is 0 Å². The van der Waals surface area contributed by atoms with Gasteiger partial charge < -0.3 is 9.84 Å². The maximum atomic E-state index is 10.9. The Labute approximate surface area is 172 Å². The zero-order valence-corrected chi connectivity index (χ0v) is 15.7. The van der Waals surface area contributed by atoms with Gasteiger partial charge in [0.25, 0.3) is 5.69 Å². The van der Waals surface area contributed by atoms with Crippen LogP contribution in [0, 0.1) is 21.4 Å². The molecule has 3 rings (SSSR count). The third kappa shape index (κ3) is 5.09. The molecule has 1 N–H and O–H groups in total. The highest BCUT2D eigenvalue weighted by Gasteiger charge is 2.07. The Hall–Kier alpha value is -4.44. The van der Waals surface area contributed by atoms with Gasteiger partial charge in [0.05, 0.1) is 22.1 Å². The summed E-state index contributed by atoms with van der Waals surface area (Å²) in [7, 11) is 0. The molecule has 0 amide bonds. The zero-order valence-electron chi connectivity index (χ0n) is 15.7. The molecule has 3 aromatic carbocycles. The van der Waals surface area contributed by atoms with E-state index in [2.05, 4.69) is 6.07 Å². The summed E-state index contributed by atoms with van der Waals surface area (Å²) < 4.78 is 5.67. The Morgan fingerprint density at radius 2 is 1.73 bits per heavy atom. The number of nitro benzene ring substituents is 1. The van der Waals surface area contributed by atoms with E-state index in [0.717, 1.165) is 5.56 Å². The third-order valence-electron chi connectivity index (χ3n) is 4.28. The van der Waals surface area contributed by atoms with Gasteiger partial charge in [-0.15, -0.1) is 0 Å². The minimum Gasteiger partial charge on any atom is -0.489 e. The average Bonchev–Trinajstić information content (AvgIpc) is 2.77. The molecule has 0 bridgehead atoms. The number of ether oxygens (including phenoxy) is 1. The predicted octanol–water partition coefficient (Wildman–Crippen LogP) is 4.94. The smallest absolute Gasteiger partial charge is 0.335 e. The van der Waals surface area contributed by atoms with Gasteiger partial charge in [-0.1, -0.05) is 36.4 Å². The van der Waals surface area contributed by atoms with Crippen LogP contribution in [0.5, 0.6) is 5.75 Å². The van der Waals surface area contributed by atoms with Crippen molar-refractivity contribution in [2.45, 2.75) is 6.61 Å². The number of allylic oxidation sites excluding steroid dienone is 1. The van der Waals surface area contributed by atoms with E-state index < -0.39 is 10.9 Å². The summed E-state index contributed by atoms with van der Waals surface area (Å²) in [6, 6.07) is 21.5. The molecule has 0 aliphatic rings. The van der Waals surface area contributed by atoms with Gasteiger partial charge in [-0.05, 0) is 47.0 Å². The molecule has 3 aromatic rings. The van der Waals surface area contributed by atoms with Crippen LogP contribution in [0.3, 0.4) is 0 Å². The van der Waals surface area contributed by atoms with Crippen LogP contribution in [0.15, 0.2) is 72.8 Å². The van der Waals surface area contributed by atoms with Crippen LogP contribution in [0.25, 0.3) is 11.6 Å². The second-order valence-electron chi connectivity index (χ2n) is 6.34. The zero-order chi connectivity index (χ0) is 21.5. The minimum atomic E-state index is -1.02. The van der Waals surface area contributed by atoms with Crippen molar-refractivity contribution in [3.63, 3.8) is 0 Å². The molecule has 0 aromatic heterocycles. The molecule has 0 atom stereocenters. The molecule has 0 radical (unpaired) electrons. The lowest BCUT2D eigenvalue weighted by molar-refractivity contribution is -0.384. The highest BCUT2D eigenvalue weighted by molar-refractivity contribution is 5.92. The molecule has 0 spiro atoms. The van der Waals surface area contributed by atoms with Crippen molar-refractivity contribution in [3.8, 4) is 11.8 Å². The number of aromatic carboxylic acids is 1. The lowest BCUT2D eigenvalue weighted by Crippen LogP contribution is -1.97. The van der Waals surface area contributed by atoms with Gasteiger partial charge in [0.1, 0.15) is 12.4 Å². The summed E-state index contributed by atoms with van der Waals surface area (Å²) in [6.45, 7) is 0.191. The lowest BCUT2D eigenvalue weighted by Gasteiger charge is -2.07. The summed E-state index contributed by atoms with van der Waals surface area (Å²) >= 11 is 0. The summed E-state index contributed by atoms with van der Waals surface area (Å²) in [5.41, 5.74) is 2.64. The topological polar surface area (TPSA) is 113 Å². The van der Waals surface area contributed by atoms with Crippen molar-refractivity contribution in [3.05, 3.63) is 105 Å². The number of nitrogens with zero attached hydrogens (tertiary/aromatic N) is 2. The Bertz CT molecular complexity index is 1140. The monoisotopic (exact) mass is 400 g/mol. The van der Waals surface area contributed by atoms with Crippen molar-refractivity contribution < 1.29 is 19.6 Å². The fraction of sp³-hybridized carbons (Fsp3) is 0.0435. The van der Waals surface area contributed by atoms with E-state index in [1.807, 2.05) is 0 Å². The van der Waals surface area contributed by atoms with Gasteiger partial charge in [-0.3, -0.25) is 10.1 Å². The van der Waals surface area contributed by atoms with Crippen molar-refractivity contribution in [2.24, 2.45) is 0 Å². The van der Waals surface area contributed by atoms with Gasteiger partial charge in [-0.2, -0.15) is 5.26 Å². The molecule has 0 saturated carbocycles. The maximum absolute atomic E-state index is 10.9. The predicted molar refractivity (Wildman–Crippen MR) is 111 cm³/mol. The molecule has 7 heteroatoms. The van der Waals surface area contributed by atoms with E-state index in [-0.39, 0.29) is 17.9 Å². The first kappa shape index (κ1) is 20.3. The van der Waals surface area contributed by atoms with Crippen LogP contribution in [0.2, 0.25) is 0 Å². The molecule has 30 heavy (non-hydrogen) atoms. The summed E-state index contributed by atoms with van der Waals surface area (Å²) in [4.78, 5) is 21.3. The number of carboxylic acids is 1. The lowest BCUT2D eigenvalue weighted by atomic mass is 10.0. The number of non-ortho nitro benzene ring substituents is 1. The quantitative estimate of drug-likeness (QED) is 0.260. The second kappa shape index (κ2) is 9.17. The molecule has 7 nitrogen and oxygen atoms in total. The molecule has 0 saturated heterocycles. The number of carboxylic acid groups (broad SMARTS) is 1. The molecule has 0 aliphatic carbocycles. The molecular formula is C23H16N2O5. The molecule has 148 valence electrons. The normalized spacial score (nSPS) is 10.8. The number of benzene rings is 3.